The molecule has 3 heterocycles. The Hall–Kier alpha value is -3.36. The molecule has 0 spiro atoms. The van der Waals surface area contributed by atoms with Gasteiger partial charge in [-0.25, -0.2) is 9.67 Å². The Morgan fingerprint density at radius 2 is 2.07 bits per heavy atom. The number of H-pyrrole nitrogens is 1. The quantitative estimate of drug-likeness (QED) is 0.586. The lowest BCUT2D eigenvalue weighted by molar-refractivity contribution is -0.121. The summed E-state index contributed by atoms with van der Waals surface area (Å²) in [7, 11) is 3.39. The van der Waals surface area contributed by atoms with E-state index in [0.29, 0.717) is 18.0 Å². The fourth-order valence-electron chi connectivity index (χ4n) is 3.07. The zero-order valence-electron chi connectivity index (χ0n) is 15.7. The van der Waals surface area contributed by atoms with Gasteiger partial charge in [0.1, 0.15) is 5.69 Å². The number of nitrogens with one attached hydrogen (secondary N) is 3. The maximum Gasteiger partial charge on any atom is 0.286 e. The highest BCUT2D eigenvalue weighted by Gasteiger charge is 2.18. The lowest BCUT2D eigenvalue weighted by Gasteiger charge is -2.11. The molecule has 27 heavy (non-hydrogen) atoms. The topological polar surface area (TPSA) is 114 Å². The van der Waals surface area contributed by atoms with E-state index in [4.69, 9.17) is 4.74 Å². The molecule has 9 nitrogen and oxygen atoms in total. The summed E-state index contributed by atoms with van der Waals surface area (Å²) in [6.45, 7) is 3.88. The monoisotopic (exact) mass is 370 g/mol. The maximum absolute atomic E-state index is 12.1. The van der Waals surface area contributed by atoms with Crippen molar-refractivity contribution in [2.75, 3.05) is 7.11 Å². The average Bonchev–Trinajstić information content (AvgIpc) is 3.28. The van der Waals surface area contributed by atoms with Crippen molar-refractivity contribution in [3.8, 4) is 5.88 Å². The van der Waals surface area contributed by atoms with Crippen LogP contribution >= 0.6 is 0 Å². The molecule has 0 aromatic carbocycles. The molecule has 9 heteroatoms. The lowest BCUT2D eigenvalue weighted by atomic mass is 10.00. The van der Waals surface area contributed by atoms with Crippen molar-refractivity contribution in [2.45, 2.75) is 26.7 Å². The second-order valence-corrected chi connectivity index (χ2v) is 6.22. The first kappa shape index (κ1) is 18.4. The van der Waals surface area contributed by atoms with Crippen LogP contribution in [0, 0.1) is 13.8 Å². The Morgan fingerprint density at radius 1 is 1.30 bits per heavy atom. The number of carbonyl (C=O) groups excluding carboxylic acids is 2. The van der Waals surface area contributed by atoms with Crippen LogP contribution < -0.4 is 15.6 Å². The number of aryl methyl sites for hydroxylation is 3. The highest BCUT2D eigenvalue weighted by Crippen LogP contribution is 2.30. The summed E-state index contributed by atoms with van der Waals surface area (Å²) in [5.41, 5.74) is 8.73. The molecule has 0 unspecified atom stereocenters. The summed E-state index contributed by atoms with van der Waals surface area (Å²) in [4.78, 5) is 31.3. The fourth-order valence-corrected chi connectivity index (χ4v) is 3.07. The van der Waals surface area contributed by atoms with Gasteiger partial charge in [-0.2, -0.15) is 0 Å². The molecular formula is C18H22N6O3. The number of carbonyl (C=O) groups is 2. The van der Waals surface area contributed by atoms with Gasteiger partial charge in [-0.3, -0.25) is 20.4 Å². The van der Waals surface area contributed by atoms with Crippen molar-refractivity contribution in [2.24, 2.45) is 7.05 Å². The van der Waals surface area contributed by atoms with E-state index in [2.05, 4.69) is 25.9 Å². The van der Waals surface area contributed by atoms with Crippen LogP contribution in [0.2, 0.25) is 0 Å². The smallest absolute Gasteiger partial charge is 0.286 e. The molecule has 0 aliphatic heterocycles. The summed E-state index contributed by atoms with van der Waals surface area (Å²) in [5.74, 6) is -0.169. The number of fused-ring (bicyclic) bond motifs is 1. The van der Waals surface area contributed by atoms with Crippen LogP contribution in [0.3, 0.4) is 0 Å². The SMILES string of the molecule is COc1nn(C)c2nc(C)c(CCC(=O)NNC(=O)c3ccc[nH]3)c(C)c12. The Bertz CT molecular complexity index is 991. The fraction of sp³-hybridized carbons (Fsp3) is 0.333. The highest BCUT2D eigenvalue weighted by molar-refractivity contribution is 5.93. The van der Waals surface area contributed by atoms with Gasteiger partial charge in [-0.1, -0.05) is 0 Å². The van der Waals surface area contributed by atoms with E-state index in [1.807, 2.05) is 20.9 Å². The Morgan fingerprint density at radius 3 is 2.74 bits per heavy atom. The molecule has 3 N–H and O–H groups in total. The Kier molecular flexibility index (Phi) is 5.11. The number of hydrazine groups is 1. The molecule has 0 saturated carbocycles. The third kappa shape index (κ3) is 3.62. The normalized spacial score (nSPS) is 10.8. The Balaban J connectivity index is 1.69. The highest BCUT2D eigenvalue weighted by atomic mass is 16.5. The molecule has 0 saturated heterocycles. The first-order valence-electron chi connectivity index (χ1n) is 8.51. The minimum absolute atomic E-state index is 0.211. The van der Waals surface area contributed by atoms with Gasteiger partial charge in [0.15, 0.2) is 5.65 Å². The van der Waals surface area contributed by atoms with Crippen LogP contribution in [0.25, 0.3) is 11.0 Å². The van der Waals surface area contributed by atoms with Crippen LogP contribution in [0.15, 0.2) is 18.3 Å². The molecule has 0 aliphatic rings. The Labute approximate surface area is 156 Å². The van der Waals surface area contributed by atoms with Crippen molar-refractivity contribution < 1.29 is 14.3 Å². The number of pyridine rings is 1. The van der Waals surface area contributed by atoms with Gasteiger partial charge < -0.3 is 9.72 Å². The number of hydrogen-bond donors (Lipinski definition) is 3. The van der Waals surface area contributed by atoms with Crippen LogP contribution in [0.4, 0.5) is 0 Å². The summed E-state index contributed by atoms with van der Waals surface area (Å²) in [5, 5.41) is 5.17. The van der Waals surface area contributed by atoms with E-state index >= 15 is 0 Å². The number of nitrogens with zero attached hydrogens (tertiary/aromatic N) is 3. The molecule has 0 bridgehead atoms. The van der Waals surface area contributed by atoms with Crippen molar-refractivity contribution in [1.82, 2.24) is 30.6 Å². The lowest BCUT2D eigenvalue weighted by Crippen LogP contribution is -2.41. The number of aromatic nitrogens is 4. The average molecular weight is 370 g/mol. The molecule has 0 atom stereocenters. The first-order valence-corrected chi connectivity index (χ1v) is 8.51. The zero-order chi connectivity index (χ0) is 19.6. The third-order valence-corrected chi connectivity index (χ3v) is 4.48. The molecule has 2 amide bonds. The van der Waals surface area contributed by atoms with E-state index in [1.165, 1.54) is 0 Å². The van der Waals surface area contributed by atoms with Gasteiger partial charge in [0.2, 0.25) is 11.8 Å². The molecule has 3 rings (SSSR count). The van der Waals surface area contributed by atoms with Crippen molar-refractivity contribution in [3.63, 3.8) is 0 Å². The van der Waals surface area contributed by atoms with Crippen LogP contribution in [0.5, 0.6) is 5.88 Å². The summed E-state index contributed by atoms with van der Waals surface area (Å²) in [6, 6.07) is 3.33. The summed E-state index contributed by atoms with van der Waals surface area (Å²) < 4.78 is 7.03. The molecule has 142 valence electrons. The molecule has 0 fully saturated rings. The largest absolute Gasteiger partial charge is 0.479 e. The first-order chi connectivity index (χ1) is 12.9. The van der Waals surface area contributed by atoms with E-state index in [1.54, 1.807) is 30.1 Å². The number of amides is 2. The van der Waals surface area contributed by atoms with E-state index < -0.39 is 5.91 Å². The molecular weight excluding hydrogens is 348 g/mol. The van der Waals surface area contributed by atoms with Gasteiger partial charge >= 0.3 is 0 Å². The van der Waals surface area contributed by atoms with Crippen LogP contribution in [-0.2, 0) is 18.3 Å². The van der Waals surface area contributed by atoms with Gasteiger partial charge in [-0.15, -0.1) is 5.10 Å². The zero-order valence-corrected chi connectivity index (χ0v) is 15.7. The molecule has 3 aromatic rings. The predicted octanol–water partition coefficient (Wildman–Crippen LogP) is 1.32. The number of methoxy groups -OCH3 is 1. The number of rotatable bonds is 5. The van der Waals surface area contributed by atoms with Crippen LogP contribution in [-0.4, -0.2) is 38.7 Å². The second-order valence-electron chi connectivity index (χ2n) is 6.22. The van der Waals surface area contributed by atoms with Crippen LogP contribution in [0.1, 0.15) is 33.7 Å². The van der Waals surface area contributed by atoms with E-state index in [9.17, 15) is 9.59 Å². The van der Waals surface area contributed by atoms with Gasteiger partial charge in [-0.05, 0) is 43.5 Å². The second kappa shape index (κ2) is 7.48. The summed E-state index contributed by atoms with van der Waals surface area (Å²) >= 11 is 0. The predicted molar refractivity (Wildman–Crippen MR) is 99.3 cm³/mol. The molecule has 0 aliphatic carbocycles. The number of aromatic amines is 1. The minimum Gasteiger partial charge on any atom is -0.479 e. The third-order valence-electron chi connectivity index (χ3n) is 4.48. The van der Waals surface area contributed by atoms with Crippen molar-refractivity contribution in [1.29, 1.82) is 0 Å². The molecule has 0 radical (unpaired) electrons. The number of ether oxygens (including phenoxy) is 1. The van der Waals surface area contributed by atoms with E-state index in [0.717, 1.165) is 27.9 Å². The van der Waals surface area contributed by atoms with Crippen molar-refractivity contribution in [3.05, 3.63) is 40.8 Å². The maximum atomic E-state index is 12.1. The van der Waals surface area contributed by atoms with E-state index in [-0.39, 0.29) is 12.3 Å². The standard InChI is InChI=1S/C18H22N6O3/c1-10-12(11(2)20-16-15(10)18(27-4)23-24(16)3)7-8-14(25)21-22-17(26)13-6-5-9-19-13/h5-6,9,19H,7-8H2,1-4H3,(H,21,25)(H,22,26). The minimum atomic E-state index is -0.399. The van der Waals surface area contributed by atoms with Crippen molar-refractivity contribution >= 4 is 22.8 Å². The summed E-state index contributed by atoms with van der Waals surface area (Å²) in [6.07, 6.45) is 2.34. The number of hydrogen-bond acceptors (Lipinski definition) is 5. The van der Waals surface area contributed by atoms with Gasteiger partial charge in [0, 0.05) is 25.4 Å². The molecule has 3 aromatic heterocycles. The van der Waals surface area contributed by atoms with Gasteiger partial charge in [0.05, 0.1) is 12.5 Å². The van der Waals surface area contributed by atoms with Gasteiger partial charge in [0.25, 0.3) is 5.91 Å².